The van der Waals surface area contributed by atoms with Gasteiger partial charge in [-0.15, -0.1) is 0 Å². The number of para-hydroxylation sites is 1. The van der Waals surface area contributed by atoms with Crippen LogP contribution in [0.3, 0.4) is 0 Å². The van der Waals surface area contributed by atoms with E-state index in [1.165, 1.54) is 13.2 Å². The fraction of sp³-hybridized carbons (Fsp3) is 0.174. The Morgan fingerprint density at radius 2 is 1.90 bits per heavy atom. The smallest absolute Gasteiger partial charge is 0.262 e. The number of hydrogen-bond acceptors (Lipinski definition) is 5. The van der Waals surface area contributed by atoms with Gasteiger partial charge in [-0.3, -0.25) is 14.3 Å². The van der Waals surface area contributed by atoms with Gasteiger partial charge in [-0.05, 0) is 42.8 Å². The van der Waals surface area contributed by atoms with E-state index in [1.807, 2.05) is 18.2 Å². The normalized spacial score (nSPS) is 10.8. The molecule has 1 N–H and O–H groups in total. The van der Waals surface area contributed by atoms with Gasteiger partial charge in [0.1, 0.15) is 0 Å². The number of anilines is 1. The maximum absolute atomic E-state index is 12.4. The number of carbonyl (C=O) groups is 2. The number of nitrogens with zero attached hydrogens (tertiary/aromatic N) is 2. The number of aromatic nitrogens is 2. The monoisotopic (exact) mass is 405 g/mol. The zero-order valence-corrected chi connectivity index (χ0v) is 17.1. The number of methoxy groups -OCH3 is 1. The molecule has 1 aromatic heterocycles. The van der Waals surface area contributed by atoms with Crippen molar-refractivity contribution in [2.24, 2.45) is 7.05 Å². The number of allylic oxidation sites excluding steroid dienone is 1. The standard InChI is InChI=1S/C23H23N3O4/c1-16-19(14-26(2)25-16)20(27)11-9-17-10-12-21(22(13-17)29-3)30-15-23(28)24-18-7-5-4-6-8-18/h4-14H,15H2,1-3H3,(H,24,28)/b11-9+. The highest BCUT2D eigenvalue weighted by Crippen LogP contribution is 2.28. The van der Waals surface area contributed by atoms with Crippen LogP contribution in [0.4, 0.5) is 5.69 Å². The van der Waals surface area contributed by atoms with Crippen LogP contribution in [0.1, 0.15) is 21.6 Å². The Morgan fingerprint density at radius 3 is 2.57 bits per heavy atom. The maximum atomic E-state index is 12.4. The second-order valence-electron chi connectivity index (χ2n) is 6.61. The Morgan fingerprint density at radius 1 is 1.13 bits per heavy atom. The van der Waals surface area contributed by atoms with Gasteiger partial charge < -0.3 is 14.8 Å². The summed E-state index contributed by atoms with van der Waals surface area (Å²) >= 11 is 0. The molecule has 0 saturated heterocycles. The van der Waals surface area contributed by atoms with Crippen LogP contribution < -0.4 is 14.8 Å². The van der Waals surface area contributed by atoms with Gasteiger partial charge in [0.2, 0.25) is 0 Å². The zero-order valence-electron chi connectivity index (χ0n) is 17.1. The molecule has 0 atom stereocenters. The van der Waals surface area contributed by atoms with E-state index in [-0.39, 0.29) is 18.3 Å². The van der Waals surface area contributed by atoms with Crippen LogP contribution in [0.5, 0.6) is 11.5 Å². The number of carbonyl (C=O) groups excluding carboxylic acids is 2. The first-order valence-corrected chi connectivity index (χ1v) is 9.34. The van der Waals surface area contributed by atoms with Crippen molar-refractivity contribution in [3.63, 3.8) is 0 Å². The van der Waals surface area contributed by atoms with Crippen LogP contribution in [0.25, 0.3) is 6.08 Å². The van der Waals surface area contributed by atoms with Gasteiger partial charge in [-0.2, -0.15) is 5.10 Å². The first-order valence-electron chi connectivity index (χ1n) is 9.34. The summed E-state index contributed by atoms with van der Waals surface area (Å²) in [6.07, 6.45) is 4.88. The Hall–Kier alpha value is -3.87. The number of hydrogen-bond donors (Lipinski definition) is 1. The predicted molar refractivity (Wildman–Crippen MR) is 115 cm³/mol. The fourth-order valence-electron chi connectivity index (χ4n) is 2.87. The lowest BCUT2D eigenvalue weighted by Crippen LogP contribution is -2.20. The average molecular weight is 405 g/mol. The molecule has 7 heteroatoms. The zero-order chi connectivity index (χ0) is 21.5. The number of rotatable bonds is 8. The van der Waals surface area contributed by atoms with Crippen LogP contribution >= 0.6 is 0 Å². The molecular formula is C23H23N3O4. The Balaban J connectivity index is 1.63. The van der Waals surface area contributed by atoms with E-state index < -0.39 is 0 Å². The summed E-state index contributed by atoms with van der Waals surface area (Å²) in [5.41, 5.74) is 2.71. The number of aryl methyl sites for hydroxylation is 2. The Labute approximate surface area is 174 Å². The van der Waals surface area contributed by atoms with Gasteiger partial charge in [-0.25, -0.2) is 0 Å². The van der Waals surface area contributed by atoms with Crippen molar-refractivity contribution in [3.8, 4) is 11.5 Å². The second-order valence-corrected chi connectivity index (χ2v) is 6.61. The van der Waals surface area contributed by atoms with Gasteiger partial charge in [-0.1, -0.05) is 30.3 Å². The molecule has 0 saturated carbocycles. The highest BCUT2D eigenvalue weighted by Gasteiger charge is 2.11. The minimum Gasteiger partial charge on any atom is -0.493 e. The fourth-order valence-corrected chi connectivity index (χ4v) is 2.87. The minimum atomic E-state index is -0.273. The van der Waals surface area contributed by atoms with E-state index in [2.05, 4.69) is 10.4 Å². The van der Waals surface area contributed by atoms with Crippen molar-refractivity contribution < 1.29 is 19.1 Å². The maximum Gasteiger partial charge on any atom is 0.262 e. The Bertz CT molecular complexity index is 1070. The van der Waals surface area contributed by atoms with Gasteiger partial charge in [0.15, 0.2) is 23.9 Å². The lowest BCUT2D eigenvalue weighted by atomic mass is 10.1. The molecule has 0 fully saturated rings. The van der Waals surface area contributed by atoms with Crippen molar-refractivity contribution in [2.75, 3.05) is 19.0 Å². The summed E-state index contributed by atoms with van der Waals surface area (Å²) in [5, 5.41) is 6.94. The molecule has 3 rings (SSSR count). The van der Waals surface area contributed by atoms with E-state index in [0.29, 0.717) is 28.4 Å². The van der Waals surface area contributed by atoms with Crippen LogP contribution in [0.2, 0.25) is 0 Å². The molecule has 0 aliphatic carbocycles. The molecule has 30 heavy (non-hydrogen) atoms. The first-order chi connectivity index (χ1) is 14.5. The molecular weight excluding hydrogens is 382 g/mol. The van der Waals surface area contributed by atoms with Gasteiger partial charge in [0.05, 0.1) is 18.4 Å². The molecule has 1 amide bonds. The van der Waals surface area contributed by atoms with Gasteiger partial charge in [0.25, 0.3) is 5.91 Å². The minimum absolute atomic E-state index is 0.127. The topological polar surface area (TPSA) is 82.5 Å². The van der Waals surface area contributed by atoms with E-state index >= 15 is 0 Å². The molecule has 0 aliphatic rings. The third kappa shape index (κ3) is 5.35. The van der Waals surface area contributed by atoms with Crippen LogP contribution in [-0.2, 0) is 11.8 Å². The molecule has 0 spiro atoms. The lowest BCUT2D eigenvalue weighted by molar-refractivity contribution is -0.118. The number of ether oxygens (including phenoxy) is 2. The second kappa shape index (κ2) is 9.56. The van der Waals surface area contributed by atoms with E-state index in [1.54, 1.807) is 61.3 Å². The van der Waals surface area contributed by atoms with Crippen molar-refractivity contribution in [1.82, 2.24) is 9.78 Å². The van der Waals surface area contributed by atoms with E-state index in [4.69, 9.17) is 9.47 Å². The first kappa shape index (κ1) is 20.9. The molecule has 2 aromatic carbocycles. The third-order valence-electron chi connectivity index (χ3n) is 4.31. The summed E-state index contributed by atoms with van der Waals surface area (Å²) in [5.74, 6) is 0.504. The molecule has 154 valence electrons. The molecule has 0 unspecified atom stereocenters. The summed E-state index contributed by atoms with van der Waals surface area (Å²) in [6, 6.07) is 14.4. The SMILES string of the molecule is COc1cc(/C=C/C(=O)c2cn(C)nc2C)ccc1OCC(=O)Nc1ccccc1. The Kier molecular flexibility index (Phi) is 6.64. The number of benzene rings is 2. The average Bonchev–Trinajstić information content (AvgIpc) is 3.09. The number of ketones is 1. The predicted octanol–water partition coefficient (Wildman–Crippen LogP) is 3.65. The van der Waals surface area contributed by atoms with Crippen molar-refractivity contribution in [3.05, 3.63) is 77.6 Å². The third-order valence-corrected chi connectivity index (χ3v) is 4.31. The van der Waals surface area contributed by atoms with Crippen molar-refractivity contribution >= 4 is 23.5 Å². The number of amides is 1. The lowest BCUT2D eigenvalue weighted by Gasteiger charge is -2.11. The number of nitrogens with one attached hydrogen (secondary N) is 1. The molecule has 1 heterocycles. The highest BCUT2D eigenvalue weighted by molar-refractivity contribution is 6.07. The molecule has 0 aliphatic heterocycles. The summed E-state index contributed by atoms with van der Waals surface area (Å²) in [7, 11) is 3.29. The van der Waals surface area contributed by atoms with Gasteiger partial charge in [0, 0.05) is 18.9 Å². The van der Waals surface area contributed by atoms with Crippen molar-refractivity contribution in [1.29, 1.82) is 0 Å². The summed E-state index contributed by atoms with van der Waals surface area (Å²) in [4.78, 5) is 24.4. The van der Waals surface area contributed by atoms with Crippen LogP contribution in [0, 0.1) is 6.92 Å². The largest absolute Gasteiger partial charge is 0.493 e. The summed E-state index contributed by atoms with van der Waals surface area (Å²) < 4.78 is 12.6. The summed E-state index contributed by atoms with van der Waals surface area (Å²) in [6.45, 7) is 1.64. The van der Waals surface area contributed by atoms with Crippen LogP contribution in [-0.4, -0.2) is 35.2 Å². The molecule has 3 aromatic rings. The van der Waals surface area contributed by atoms with Crippen LogP contribution in [0.15, 0.2) is 60.8 Å². The highest BCUT2D eigenvalue weighted by atomic mass is 16.5. The van der Waals surface area contributed by atoms with Gasteiger partial charge >= 0.3 is 0 Å². The van der Waals surface area contributed by atoms with E-state index in [9.17, 15) is 9.59 Å². The molecule has 0 radical (unpaired) electrons. The van der Waals surface area contributed by atoms with E-state index in [0.717, 1.165) is 5.56 Å². The molecule has 0 bridgehead atoms. The quantitative estimate of drug-likeness (QED) is 0.457. The molecule has 7 nitrogen and oxygen atoms in total. The van der Waals surface area contributed by atoms with Crippen molar-refractivity contribution in [2.45, 2.75) is 6.92 Å².